The van der Waals surface area contributed by atoms with E-state index < -0.39 is 0 Å². The predicted octanol–water partition coefficient (Wildman–Crippen LogP) is 5.12. The quantitative estimate of drug-likeness (QED) is 0.491. The zero-order chi connectivity index (χ0) is 21.2. The molecule has 0 aliphatic carbocycles. The fourth-order valence-corrected chi connectivity index (χ4v) is 4.36. The largest absolute Gasteiger partial charge is 0.496 e. The lowest BCUT2D eigenvalue weighted by molar-refractivity contribution is 0.0565. The second-order valence-electron chi connectivity index (χ2n) is 7.94. The molecular formula is C25H25N3O3. The minimum Gasteiger partial charge on any atom is -0.496 e. The van der Waals surface area contributed by atoms with E-state index in [0.717, 1.165) is 41.7 Å². The Hall–Kier alpha value is -3.54. The zero-order valence-corrected chi connectivity index (χ0v) is 17.5. The Labute approximate surface area is 180 Å². The lowest BCUT2D eigenvalue weighted by atomic mass is 10.0. The number of carbonyl (C=O) groups is 1. The average Bonchev–Trinajstić information content (AvgIpc) is 3.46. The van der Waals surface area contributed by atoms with Crippen LogP contribution in [0.3, 0.4) is 0 Å². The minimum atomic E-state index is -0.154. The molecule has 1 N–H and O–H groups in total. The Morgan fingerprint density at radius 3 is 2.90 bits per heavy atom. The highest BCUT2D eigenvalue weighted by atomic mass is 16.5. The molecule has 1 unspecified atom stereocenters. The van der Waals surface area contributed by atoms with Crippen LogP contribution in [0.5, 0.6) is 5.75 Å². The van der Waals surface area contributed by atoms with Crippen LogP contribution in [0.25, 0.3) is 10.9 Å². The molecule has 1 fully saturated rings. The van der Waals surface area contributed by atoms with E-state index in [9.17, 15) is 4.79 Å². The Bertz CT molecular complexity index is 1200. The third-order valence-corrected chi connectivity index (χ3v) is 5.92. The first-order chi connectivity index (χ1) is 15.2. The van der Waals surface area contributed by atoms with Gasteiger partial charge in [-0.1, -0.05) is 36.4 Å². The van der Waals surface area contributed by atoms with Gasteiger partial charge in [-0.15, -0.1) is 0 Å². The molecule has 6 nitrogen and oxygen atoms in total. The summed E-state index contributed by atoms with van der Waals surface area (Å²) in [6, 6.07) is 17.7. The van der Waals surface area contributed by atoms with E-state index in [4.69, 9.17) is 9.15 Å². The van der Waals surface area contributed by atoms with Crippen molar-refractivity contribution in [2.45, 2.75) is 31.7 Å². The number of H-pyrrole nitrogens is 1. The van der Waals surface area contributed by atoms with Gasteiger partial charge in [0.1, 0.15) is 23.2 Å². The summed E-state index contributed by atoms with van der Waals surface area (Å²) in [4.78, 5) is 23.1. The second kappa shape index (κ2) is 8.30. The molecule has 0 radical (unpaired) electrons. The summed E-state index contributed by atoms with van der Waals surface area (Å²) in [6.07, 6.45) is 5.35. The molecule has 1 aliphatic rings. The topological polar surface area (TPSA) is 71.4 Å². The third kappa shape index (κ3) is 3.81. The van der Waals surface area contributed by atoms with Crippen molar-refractivity contribution in [3.8, 4) is 5.75 Å². The van der Waals surface area contributed by atoms with Gasteiger partial charge < -0.3 is 19.0 Å². The fraction of sp³-hybridized carbons (Fsp3) is 0.280. The van der Waals surface area contributed by atoms with Crippen molar-refractivity contribution in [3.05, 3.63) is 83.7 Å². The number of aromatic nitrogens is 2. The molecule has 3 heterocycles. The van der Waals surface area contributed by atoms with Crippen LogP contribution in [0.15, 0.2) is 65.2 Å². The number of hydrogen-bond donors (Lipinski definition) is 1. The first-order valence-corrected chi connectivity index (χ1v) is 10.7. The Morgan fingerprint density at radius 2 is 2.06 bits per heavy atom. The van der Waals surface area contributed by atoms with Gasteiger partial charge in [-0.05, 0) is 43.0 Å². The lowest BCUT2D eigenvalue weighted by Crippen LogP contribution is -2.38. The molecule has 2 aromatic heterocycles. The number of carbonyl (C=O) groups excluding carboxylic acids is 1. The molecule has 2 aromatic carbocycles. The number of rotatable bonds is 5. The molecule has 4 aromatic rings. The van der Waals surface area contributed by atoms with E-state index in [-0.39, 0.29) is 11.9 Å². The van der Waals surface area contributed by atoms with Crippen LogP contribution in [0.4, 0.5) is 0 Å². The molecule has 158 valence electrons. The molecule has 1 amide bonds. The number of amides is 1. The molecule has 6 heteroatoms. The molecule has 0 saturated carbocycles. The summed E-state index contributed by atoms with van der Waals surface area (Å²) >= 11 is 0. The Kier molecular flexibility index (Phi) is 5.20. The zero-order valence-electron chi connectivity index (χ0n) is 17.5. The highest BCUT2D eigenvalue weighted by Gasteiger charge is 2.32. The molecule has 1 atom stereocenters. The van der Waals surface area contributed by atoms with Crippen molar-refractivity contribution >= 4 is 16.8 Å². The number of piperidine rings is 1. The molecular weight excluding hydrogens is 390 g/mol. The number of oxazole rings is 1. The van der Waals surface area contributed by atoms with Gasteiger partial charge in [0.05, 0.1) is 13.3 Å². The van der Waals surface area contributed by atoms with Crippen LogP contribution in [0, 0.1) is 0 Å². The summed E-state index contributed by atoms with van der Waals surface area (Å²) in [5, 5.41) is 0.906. The standard InChI is InChI=1S/C25H25N3O3/c1-30-23-12-7-10-20-19(23)15-21(27-20)25(29)28-13-6-5-11-22(28)24-26-16-18(31-24)14-17-8-3-2-4-9-17/h2-4,7-10,12,15-16,22,27H,5-6,11,13-14H2,1H3. The number of ether oxygens (including phenoxy) is 1. The minimum absolute atomic E-state index is 0.0363. The number of methoxy groups -OCH3 is 1. The first kappa shape index (κ1) is 19.4. The van der Waals surface area contributed by atoms with Crippen LogP contribution >= 0.6 is 0 Å². The van der Waals surface area contributed by atoms with Gasteiger partial charge in [-0.2, -0.15) is 0 Å². The van der Waals surface area contributed by atoms with E-state index in [1.165, 1.54) is 5.56 Å². The number of fused-ring (bicyclic) bond motifs is 1. The smallest absolute Gasteiger partial charge is 0.270 e. The lowest BCUT2D eigenvalue weighted by Gasteiger charge is -2.33. The molecule has 0 spiro atoms. The number of benzene rings is 2. The maximum absolute atomic E-state index is 13.4. The summed E-state index contributed by atoms with van der Waals surface area (Å²) in [6.45, 7) is 0.687. The average molecular weight is 415 g/mol. The second-order valence-corrected chi connectivity index (χ2v) is 7.94. The van der Waals surface area contributed by atoms with Gasteiger partial charge in [-0.3, -0.25) is 4.79 Å². The van der Waals surface area contributed by atoms with Gasteiger partial charge in [0.2, 0.25) is 5.89 Å². The van der Waals surface area contributed by atoms with Gasteiger partial charge in [0.25, 0.3) is 5.91 Å². The van der Waals surface area contributed by atoms with Gasteiger partial charge in [-0.25, -0.2) is 4.98 Å². The third-order valence-electron chi connectivity index (χ3n) is 5.92. The van der Waals surface area contributed by atoms with E-state index in [2.05, 4.69) is 22.1 Å². The van der Waals surface area contributed by atoms with E-state index in [1.807, 2.05) is 47.4 Å². The van der Waals surface area contributed by atoms with E-state index in [1.54, 1.807) is 13.3 Å². The van der Waals surface area contributed by atoms with Crippen molar-refractivity contribution in [3.63, 3.8) is 0 Å². The molecule has 31 heavy (non-hydrogen) atoms. The Morgan fingerprint density at radius 1 is 1.19 bits per heavy atom. The predicted molar refractivity (Wildman–Crippen MR) is 118 cm³/mol. The number of aromatic amines is 1. The molecule has 1 aliphatic heterocycles. The van der Waals surface area contributed by atoms with E-state index >= 15 is 0 Å². The SMILES string of the molecule is COc1cccc2[nH]c(C(=O)N3CCCCC3c3ncc(Cc4ccccc4)o3)cc12. The van der Waals surface area contributed by atoms with Crippen molar-refractivity contribution in [1.29, 1.82) is 0 Å². The summed E-state index contributed by atoms with van der Waals surface area (Å²) in [5.74, 6) is 2.15. The van der Waals surface area contributed by atoms with E-state index in [0.29, 0.717) is 24.6 Å². The maximum atomic E-state index is 13.4. The monoisotopic (exact) mass is 415 g/mol. The first-order valence-electron chi connectivity index (χ1n) is 10.7. The van der Waals surface area contributed by atoms with Crippen molar-refractivity contribution < 1.29 is 13.9 Å². The number of hydrogen-bond acceptors (Lipinski definition) is 4. The molecule has 5 rings (SSSR count). The van der Waals surface area contributed by atoms with Crippen LogP contribution in [0.1, 0.15) is 53.0 Å². The normalized spacial score (nSPS) is 16.5. The number of nitrogens with zero attached hydrogens (tertiary/aromatic N) is 2. The fourth-order valence-electron chi connectivity index (χ4n) is 4.36. The molecule has 1 saturated heterocycles. The molecule has 0 bridgehead atoms. The summed E-state index contributed by atoms with van der Waals surface area (Å²) in [7, 11) is 1.64. The summed E-state index contributed by atoms with van der Waals surface area (Å²) in [5.41, 5.74) is 2.62. The summed E-state index contributed by atoms with van der Waals surface area (Å²) < 4.78 is 11.5. The maximum Gasteiger partial charge on any atom is 0.270 e. The van der Waals surface area contributed by atoms with Crippen LogP contribution in [0.2, 0.25) is 0 Å². The number of likely N-dealkylation sites (tertiary alicyclic amines) is 1. The highest BCUT2D eigenvalue weighted by molar-refractivity contribution is 5.99. The van der Waals surface area contributed by atoms with Gasteiger partial charge >= 0.3 is 0 Å². The van der Waals surface area contributed by atoms with Crippen molar-refractivity contribution in [2.24, 2.45) is 0 Å². The highest BCUT2D eigenvalue weighted by Crippen LogP contribution is 2.33. The van der Waals surface area contributed by atoms with Gasteiger partial charge in [0, 0.05) is 23.9 Å². The van der Waals surface area contributed by atoms with Crippen LogP contribution in [-0.2, 0) is 6.42 Å². The van der Waals surface area contributed by atoms with Crippen LogP contribution in [-0.4, -0.2) is 34.4 Å². The van der Waals surface area contributed by atoms with Crippen LogP contribution < -0.4 is 4.74 Å². The van der Waals surface area contributed by atoms with Crippen molar-refractivity contribution in [1.82, 2.24) is 14.9 Å². The number of nitrogens with one attached hydrogen (secondary N) is 1. The Balaban J connectivity index is 1.40. The van der Waals surface area contributed by atoms with Crippen molar-refractivity contribution in [2.75, 3.05) is 13.7 Å². The van der Waals surface area contributed by atoms with Gasteiger partial charge in [0.15, 0.2) is 0 Å².